The summed E-state index contributed by atoms with van der Waals surface area (Å²) in [6.07, 6.45) is 1.44. The van der Waals surface area contributed by atoms with E-state index >= 15 is 0 Å². The quantitative estimate of drug-likeness (QED) is 0.240. The predicted molar refractivity (Wildman–Crippen MR) is 152 cm³/mol. The Balaban J connectivity index is 0.00000320. The Kier molecular flexibility index (Phi) is 7.99. The van der Waals surface area contributed by atoms with Gasteiger partial charge in [0.1, 0.15) is 5.69 Å². The fourth-order valence-corrected chi connectivity index (χ4v) is 4.73. The molecule has 0 atom stereocenters. The van der Waals surface area contributed by atoms with Crippen molar-refractivity contribution >= 4 is 5.97 Å². The summed E-state index contributed by atoms with van der Waals surface area (Å²) in [5.41, 5.74) is 9.61. The van der Waals surface area contributed by atoms with Gasteiger partial charge in [-0.25, -0.2) is 4.68 Å². The molecule has 5 rings (SSSR count). The molecule has 0 radical (unpaired) electrons. The molecule has 1 heterocycles. The van der Waals surface area contributed by atoms with E-state index in [0.29, 0.717) is 6.42 Å². The van der Waals surface area contributed by atoms with Crippen LogP contribution < -0.4 is 0 Å². The number of carboxylic acids is 1. The van der Waals surface area contributed by atoms with E-state index in [9.17, 15) is 4.79 Å². The summed E-state index contributed by atoms with van der Waals surface area (Å²) >= 11 is 0. The predicted octanol–water partition coefficient (Wildman–Crippen LogP) is 8.09. The van der Waals surface area contributed by atoms with E-state index < -0.39 is 5.97 Å². The van der Waals surface area contributed by atoms with Gasteiger partial charge in [0.05, 0.1) is 11.4 Å². The molecular weight excluding hydrogens is 456 g/mol. The molecule has 4 heteroatoms. The Morgan fingerprint density at radius 2 is 1.41 bits per heavy atom. The minimum absolute atomic E-state index is 0. The number of hydrogen-bond acceptors (Lipinski definition) is 2. The Morgan fingerprint density at radius 1 is 0.784 bits per heavy atom. The number of nitrogens with zero attached hydrogens (tertiary/aromatic N) is 2. The zero-order valence-corrected chi connectivity index (χ0v) is 20.3. The van der Waals surface area contributed by atoms with Crippen LogP contribution in [-0.2, 0) is 17.6 Å². The lowest BCUT2D eigenvalue weighted by Gasteiger charge is -2.14. The minimum atomic E-state index is -0.785. The summed E-state index contributed by atoms with van der Waals surface area (Å²) < 4.78 is 2.09. The Labute approximate surface area is 218 Å². The van der Waals surface area contributed by atoms with E-state index in [4.69, 9.17) is 10.2 Å². The molecule has 4 aromatic carbocycles. The van der Waals surface area contributed by atoms with E-state index in [1.807, 2.05) is 48.5 Å². The number of benzene rings is 4. The van der Waals surface area contributed by atoms with Gasteiger partial charge >= 0.3 is 5.97 Å². The second-order valence-electron chi connectivity index (χ2n) is 8.78. The average molecular weight is 489 g/mol. The van der Waals surface area contributed by atoms with E-state index in [2.05, 4.69) is 72.3 Å². The number of para-hydroxylation sites is 1. The van der Waals surface area contributed by atoms with Crippen molar-refractivity contribution in [2.45, 2.75) is 33.6 Å². The van der Waals surface area contributed by atoms with Crippen molar-refractivity contribution < 1.29 is 9.90 Å². The molecule has 186 valence electrons. The lowest BCUT2D eigenvalue weighted by Crippen LogP contribution is -2.04. The maximum absolute atomic E-state index is 11.1. The first kappa shape index (κ1) is 25.6. The molecule has 0 bridgehead atoms. The van der Waals surface area contributed by atoms with Gasteiger partial charge < -0.3 is 5.11 Å². The van der Waals surface area contributed by atoms with Gasteiger partial charge in [-0.2, -0.15) is 5.10 Å². The van der Waals surface area contributed by atoms with Crippen LogP contribution in [0.5, 0.6) is 0 Å². The molecule has 5 aromatic rings. The SMILES string of the molecule is C.CCc1c(-c2ccccc2)c(-c2ccccc2)nn1-c1ccccc1-c1cccc(CCC(=O)O)c1. The van der Waals surface area contributed by atoms with Gasteiger partial charge in [-0.1, -0.05) is 117 Å². The number of aliphatic carboxylic acids is 1. The van der Waals surface area contributed by atoms with E-state index in [0.717, 1.165) is 56.9 Å². The highest BCUT2D eigenvalue weighted by Crippen LogP contribution is 2.38. The number of aryl methyl sites for hydroxylation is 1. The zero-order valence-electron chi connectivity index (χ0n) is 20.3. The molecule has 0 aliphatic heterocycles. The maximum Gasteiger partial charge on any atom is 0.303 e. The van der Waals surface area contributed by atoms with Crippen LogP contribution in [-0.4, -0.2) is 20.9 Å². The van der Waals surface area contributed by atoms with Crippen LogP contribution in [0.15, 0.2) is 109 Å². The van der Waals surface area contributed by atoms with Crippen LogP contribution in [0.2, 0.25) is 0 Å². The largest absolute Gasteiger partial charge is 0.481 e. The molecule has 0 aliphatic rings. The monoisotopic (exact) mass is 488 g/mol. The smallest absolute Gasteiger partial charge is 0.303 e. The van der Waals surface area contributed by atoms with Crippen LogP contribution >= 0.6 is 0 Å². The van der Waals surface area contributed by atoms with Crippen LogP contribution in [0, 0.1) is 0 Å². The second kappa shape index (κ2) is 11.5. The molecule has 4 nitrogen and oxygen atoms in total. The Hall–Kier alpha value is -4.44. The molecule has 0 fully saturated rings. The van der Waals surface area contributed by atoms with Crippen LogP contribution in [0.1, 0.15) is 32.0 Å². The molecular formula is C33H32N2O2. The van der Waals surface area contributed by atoms with Gasteiger partial charge in [-0.15, -0.1) is 0 Å². The van der Waals surface area contributed by atoms with Crippen molar-refractivity contribution in [3.8, 4) is 39.2 Å². The fraction of sp³-hybridized carbons (Fsp3) is 0.152. The lowest BCUT2D eigenvalue weighted by molar-refractivity contribution is -0.136. The first-order valence-electron chi connectivity index (χ1n) is 12.3. The van der Waals surface area contributed by atoms with Gasteiger partial charge in [-0.05, 0) is 35.6 Å². The summed E-state index contributed by atoms with van der Waals surface area (Å²) in [7, 11) is 0. The molecule has 0 aliphatic carbocycles. The standard InChI is InChI=1S/C32H28N2O2.CH4/c1-2-28-31(24-13-5-3-6-14-24)32(25-15-7-4-8-16-25)33-34(28)29-19-10-9-18-27(29)26-17-11-12-23(22-26)20-21-30(35)36;/h3-19,22H,2,20-21H2,1H3,(H,35,36);1H4. The number of hydrogen-bond donors (Lipinski definition) is 1. The van der Waals surface area contributed by atoms with Crippen molar-refractivity contribution in [2.75, 3.05) is 0 Å². The van der Waals surface area contributed by atoms with Gasteiger partial charge in [0.2, 0.25) is 0 Å². The number of carbonyl (C=O) groups is 1. The normalized spacial score (nSPS) is 10.6. The third-order valence-corrected chi connectivity index (χ3v) is 6.42. The Morgan fingerprint density at radius 3 is 2.08 bits per heavy atom. The Bertz CT molecular complexity index is 1490. The molecule has 1 N–H and O–H groups in total. The van der Waals surface area contributed by atoms with E-state index in [1.54, 1.807) is 0 Å². The number of rotatable bonds is 8. The van der Waals surface area contributed by atoms with Gasteiger partial charge in [0.25, 0.3) is 0 Å². The topological polar surface area (TPSA) is 55.1 Å². The molecule has 0 unspecified atom stereocenters. The summed E-state index contributed by atoms with van der Waals surface area (Å²) in [6, 6.07) is 37.2. The maximum atomic E-state index is 11.1. The molecule has 37 heavy (non-hydrogen) atoms. The van der Waals surface area contributed by atoms with Crippen LogP contribution in [0.4, 0.5) is 0 Å². The lowest BCUT2D eigenvalue weighted by atomic mass is 9.97. The average Bonchev–Trinajstić information content (AvgIpc) is 3.32. The first-order chi connectivity index (χ1) is 17.7. The van der Waals surface area contributed by atoms with Crippen molar-refractivity contribution in [3.05, 3.63) is 120 Å². The van der Waals surface area contributed by atoms with Gasteiger partial charge in [-0.3, -0.25) is 4.79 Å². The summed E-state index contributed by atoms with van der Waals surface area (Å²) in [6.45, 7) is 2.17. The minimum Gasteiger partial charge on any atom is -0.481 e. The van der Waals surface area contributed by atoms with Crippen LogP contribution in [0.25, 0.3) is 39.2 Å². The van der Waals surface area contributed by atoms with Gasteiger partial charge in [0.15, 0.2) is 0 Å². The van der Waals surface area contributed by atoms with E-state index in [1.165, 1.54) is 0 Å². The first-order valence-corrected chi connectivity index (χ1v) is 12.3. The van der Waals surface area contributed by atoms with Crippen LogP contribution in [0.3, 0.4) is 0 Å². The fourth-order valence-electron chi connectivity index (χ4n) is 4.73. The zero-order chi connectivity index (χ0) is 24.9. The molecule has 0 amide bonds. The van der Waals surface area contributed by atoms with Gasteiger partial charge in [0, 0.05) is 23.1 Å². The van der Waals surface area contributed by atoms with Crippen molar-refractivity contribution in [3.63, 3.8) is 0 Å². The molecule has 0 spiro atoms. The van der Waals surface area contributed by atoms with Crippen molar-refractivity contribution in [1.29, 1.82) is 0 Å². The third-order valence-electron chi connectivity index (χ3n) is 6.42. The second-order valence-corrected chi connectivity index (χ2v) is 8.78. The van der Waals surface area contributed by atoms with E-state index in [-0.39, 0.29) is 13.8 Å². The highest BCUT2D eigenvalue weighted by molar-refractivity contribution is 5.84. The summed E-state index contributed by atoms with van der Waals surface area (Å²) in [5.74, 6) is -0.785. The van der Waals surface area contributed by atoms with Crippen molar-refractivity contribution in [2.24, 2.45) is 0 Å². The number of aromatic nitrogens is 2. The highest BCUT2D eigenvalue weighted by Gasteiger charge is 2.22. The summed E-state index contributed by atoms with van der Waals surface area (Å²) in [5, 5.41) is 14.3. The van der Waals surface area contributed by atoms with Crippen molar-refractivity contribution in [1.82, 2.24) is 9.78 Å². The number of carboxylic acid groups (broad SMARTS) is 1. The summed E-state index contributed by atoms with van der Waals surface area (Å²) in [4.78, 5) is 11.1. The molecule has 1 aromatic heterocycles. The molecule has 0 saturated heterocycles. The third kappa shape index (κ3) is 5.39. The molecule has 0 saturated carbocycles. The highest BCUT2D eigenvalue weighted by atomic mass is 16.4.